The predicted molar refractivity (Wildman–Crippen MR) is 14.1 cm³/mol. The minimum atomic E-state index is -0.417. The predicted octanol–water partition coefficient (Wildman–Crippen LogP) is 1.12. The van der Waals surface area contributed by atoms with Crippen molar-refractivity contribution in [1.82, 2.24) is 0 Å². The van der Waals surface area contributed by atoms with Crippen LogP contribution in [0.3, 0.4) is 0 Å². The summed E-state index contributed by atoms with van der Waals surface area (Å²) in [5, 5.41) is 0. The van der Waals surface area contributed by atoms with Gasteiger partial charge in [0.15, 0.2) is 0 Å². The maximum atomic E-state index is 11.1. The summed E-state index contributed by atoms with van der Waals surface area (Å²) in [5.41, 5.74) is 0. The Hall–Kier alpha value is -0.0700. The van der Waals surface area contributed by atoms with E-state index in [-0.39, 0.29) is 0 Å². The monoisotopic (exact) mass is 60.0 g/mol. The Morgan fingerprint density at radius 3 is 1.75 bits per heavy atom. The largest absolute Gasteiger partial charge is 0.247 e. The fraction of sp³-hybridized carbons (Fsp3) is 1.00. The highest BCUT2D eigenvalue weighted by atomic mass is 19.1. The van der Waals surface area contributed by atoms with Gasteiger partial charge in [0.1, 0.15) is 6.17 Å². The van der Waals surface area contributed by atoms with Gasteiger partial charge in [-0.2, -0.15) is 0 Å². The van der Waals surface area contributed by atoms with Crippen molar-refractivity contribution in [2.45, 2.75) is 19.0 Å². The highest BCUT2D eigenvalue weighted by Gasteiger charge is 2.18. The van der Waals surface area contributed by atoms with Gasteiger partial charge in [0.2, 0.25) is 0 Å². The lowest BCUT2D eigenvalue weighted by atomic mass is 10.9. The zero-order valence-corrected chi connectivity index (χ0v) is 2.37. The quantitative estimate of drug-likeness (QED) is 0.393. The van der Waals surface area contributed by atoms with Crippen LogP contribution >= 0.6 is 0 Å². The Morgan fingerprint density at radius 2 is 1.75 bits per heavy atom. The Bertz CT molecular complexity index is 22.5. The topological polar surface area (TPSA) is 0 Å². The number of alkyl halides is 1. The molecule has 1 rings (SSSR count). The lowest BCUT2D eigenvalue weighted by molar-refractivity contribution is 0.480. The Labute approximate surface area is 24.6 Å². The van der Waals surface area contributed by atoms with Crippen LogP contribution in [0.5, 0.6) is 0 Å². The molecule has 0 saturated heterocycles. The van der Waals surface area contributed by atoms with Gasteiger partial charge in [-0.25, -0.2) is 4.39 Å². The zero-order valence-electron chi connectivity index (χ0n) is 2.37. The van der Waals surface area contributed by atoms with Crippen molar-refractivity contribution in [3.63, 3.8) is 0 Å². The second kappa shape index (κ2) is 0.449. The van der Waals surface area contributed by atoms with Crippen molar-refractivity contribution in [1.29, 1.82) is 0 Å². The van der Waals surface area contributed by atoms with E-state index in [0.717, 1.165) is 12.8 Å². The normalized spacial score (nSPS) is 26.2. The third kappa shape index (κ3) is 0.194. The Balaban J connectivity index is 2.17. The smallest absolute Gasteiger partial charge is 0.100 e. The first-order valence-electron chi connectivity index (χ1n) is 1.53. The van der Waals surface area contributed by atoms with Gasteiger partial charge < -0.3 is 0 Å². The molecule has 0 radical (unpaired) electrons. The van der Waals surface area contributed by atoms with Crippen LogP contribution in [-0.2, 0) is 0 Å². The fourth-order valence-electron chi connectivity index (χ4n) is 0.0630. The highest BCUT2D eigenvalue weighted by Crippen LogP contribution is 2.22. The number of halogens is 1. The molecule has 4 heavy (non-hydrogen) atoms. The molecular formula is C3H5F. The molecule has 0 atom stereocenters. The van der Waals surface area contributed by atoms with E-state index in [1.54, 1.807) is 0 Å². The first-order valence-corrected chi connectivity index (χ1v) is 1.53. The van der Waals surface area contributed by atoms with Crippen LogP contribution in [0, 0.1) is 0 Å². The molecule has 0 aromatic heterocycles. The molecule has 0 unspecified atom stereocenters. The van der Waals surface area contributed by atoms with Crippen LogP contribution in [0.1, 0.15) is 12.8 Å². The molecule has 0 amide bonds. The van der Waals surface area contributed by atoms with E-state index in [9.17, 15) is 4.39 Å². The summed E-state index contributed by atoms with van der Waals surface area (Å²) < 4.78 is 11.1. The summed E-state index contributed by atoms with van der Waals surface area (Å²) >= 11 is 0. The molecule has 0 spiro atoms. The van der Waals surface area contributed by atoms with Gasteiger partial charge in [0, 0.05) is 0 Å². The molecule has 1 aliphatic carbocycles. The van der Waals surface area contributed by atoms with E-state index >= 15 is 0 Å². The summed E-state index contributed by atoms with van der Waals surface area (Å²) in [6.07, 6.45) is 1.22. The third-order valence-electron chi connectivity index (χ3n) is 0.507. The molecule has 1 saturated carbocycles. The van der Waals surface area contributed by atoms with Crippen LogP contribution in [0.4, 0.5) is 4.39 Å². The summed E-state index contributed by atoms with van der Waals surface area (Å²) in [7, 11) is 0. The van der Waals surface area contributed by atoms with Gasteiger partial charge in [-0.3, -0.25) is 0 Å². The molecule has 24 valence electrons. The first kappa shape index (κ1) is 2.18. The van der Waals surface area contributed by atoms with E-state index in [4.69, 9.17) is 0 Å². The molecule has 1 fully saturated rings. The van der Waals surface area contributed by atoms with Gasteiger partial charge in [0.05, 0.1) is 0 Å². The molecule has 0 heterocycles. The van der Waals surface area contributed by atoms with Crippen molar-refractivity contribution in [3.05, 3.63) is 0 Å². The first-order chi connectivity index (χ1) is 1.89. The van der Waals surface area contributed by atoms with Crippen LogP contribution < -0.4 is 0 Å². The van der Waals surface area contributed by atoms with Gasteiger partial charge in [0.25, 0.3) is 0 Å². The highest BCUT2D eigenvalue weighted by molar-refractivity contribution is 4.69. The lowest BCUT2D eigenvalue weighted by Crippen LogP contribution is -1.49. The second-order valence-electron chi connectivity index (χ2n) is 1.17. The molecule has 0 nitrogen and oxygen atoms in total. The van der Waals surface area contributed by atoms with Crippen LogP contribution in [0.15, 0.2) is 0 Å². The van der Waals surface area contributed by atoms with Crippen molar-refractivity contribution >= 4 is 0 Å². The maximum absolute atomic E-state index is 11.1. The lowest BCUT2D eigenvalue weighted by Gasteiger charge is -1.50. The second-order valence-corrected chi connectivity index (χ2v) is 1.17. The van der Waals surface area contributed by atoms with Crippen molar-refractivity contribution in [3.8, 4) is 0 Å². The van der Waals surface area contributed by atoms with Crippen LogP contribution in [-0.4, -0.2) is 6.17 Å². The minimum Gasteiger partial charge on any atom is -0.247 e. The maximum Gasteiger partial charge on any atom is 0.100 e. The molecule has 1 heteroatoms. The molecule has 0 aromatic carbocycles. The summed E-state index contributed by atoms with van der Waals surface area (Å²) in [6, 6.07) is 0. The van der Waals surface area contributed by atoms with Crippen LogP contribution in [0.25, 0.3) is 0 Å². The standard InChI is InChI=1S/C3H5F/c4-3-1-2-3/h3H,1-2H2. The third-order valence-corrected chi connectivity index (χ3v) is 0.507. The number of hydrogen-bond donors (Lipinski definition) is 0. The van der Waals surface area contributed by atoms with Crippen molar-refractivity contribution < 1.29 is 4.39 Å². The Morgan fingerprint density at radius 1 is 1.50 bits per heavy atom. The van der Waals surface area contributed by atoms with Gasteiger partial charge in [-0.15, -0.1) is 0 Å². The van der Waals surface area contributed by atoms with E-state index in [1.807, 2.05) is 0 Å². The number of rotatable bonds is 0. The number of hydrogen-bond acceptors (Lipinski definition) is 0. The molecular weight excluding hydrogens is 55.0 g/mol. The molecule has 0 aliphatic heterocycles. The van der Waals surface area contributed by atoms with E-state index in [1.165, 1.54) is 0 Å². The average Bonchev–Trinajstić information content (AvgIpc) is 1.75. The van der Waals surface area contributed by atoms with Crippen LogP contribution in [0.2, 0.25) is 0 Å². The summed E-state index contributed by atoms with van der Waals surface area (Å²) in [4.78, 5) is 0. The van der Waals surface area contributed by atoms with Gasteiger partial charge in [-0.05, 0) is 12.8 Å². The van der Waals surface area contributed by atoms with Gasteiger partial charge >= 0.3 is 0 Å². The minimum absolute atomic E-state index is 0.417. The Kier molecular flexibility index (Phi) is 0.245. The van der Waals surface area contributed by atoms with Gasteiger partial charge in [-0.1, -0.05) is 0 Å². The zero-order chi connectivity index (χ0) is 2.99. The SMILES string of the molecule is FC1CC1. The van der Waals surface area contributed by atoms with E-state index in [2.05, 4.69) is 0 Å². The molecule has 0 N–H and O–H groups in total. The van der Waals surface area contributed by atoms with Crippen molar-refractivity contribution in [2.24, 2.45) is 0 Å². The van der Waals surface area contributed by atoms with Crippen molar-refractivity contribution in [2.75, 3.05) is 0 Å². The summed E-state index contributed by atoms with van der Waals surface area (Å²) in [6.45, 7) is 0. The average molecular weight is 60.1 g/mol. The van der Waals surface area contributed by atoms with E-state index < -0.39 is 6.17 Å². The summed E-state index contributed by atoms with van der Waals surface area (Å²) in [5.74, 6) is 0. The molecule has 0 aromatic rings. The van der Waals surface area contributed by atoms with E-state index in [0.29, 0.717) is 0 Å². The molecule has 1 aliphatic rings. The fourth-order valence-corrected chi connectivity index (χ4v) is 0.0630. The molecule has 0 bridgehead atoms.